The van der Waals surface area contributed by atoms with Gasteiger partial charge in [0, 0.05) is 18.8 Å². The van der Waals surface area contributed by atoms with Crippen LogP contribution in [0.4, 0.5) is 0 Å². The van der Waals surface area contributed by atoms with E-state index in [-0.39, 0.29) is 0 Å². The summed E-state index contributed by atoms with van der Waals surface area (Å²) in [6, 6.07) is 4.71. The number of nitriles is 1. The second-order valence-corrected chi connectivity index (χ2v) is 4.56. The largest absolute Gasteiger partial charge is 0.310 e. The van der Waals surface area contributed by atoms with E-state index in [0.29, 0.717) is 11.6 Å². The van der Waals surface area contributed by atoms with Gasteiger partial charge in [-0.05, 0) is 36.5 Å². The molecular weight excluding hydrogens is 198 g/mol. The molecule has 2 atom stereocenters. The maximum absolute atomic E-state index is 8.98. The SMILES string of the molecule is Cc1ncc(C2=C[C@@H]3NC[C@@H]3C2)cc1C#N. The second-order valence-electron chi connectivity index (χ2n) is 4.56. The highest BCUT2D eigenvalue weighted by Crippen LogP contribution is 2.36. The van der Waals surface area contributed by atoms with E-state index in [2.05, 4.69) is 22.4 Å². The minimum absolute atomic E-state index is 0.557. The van der Waals surface area contributed by atoms with Crippen molar-refractivity contribution in [2.45, 2.75) is 19.4 Å². The Labute approximate surface area is 94.8 Å². The number of pyridine rings is 1. The summed E-state index contributed by atoms with van der Waals surface area (Å²) in [7, 11) is 0. The fourth-order valence-corrected chi connectivity index (χ4v) is 2.42. The van der Waals surface area contributed by atoms with Gasteiger partial charge in [0.15, 0.2) is 0 Å². The lowest BCUT2D eigenvalue weighted by atomic mass is 9.93. The molecule has 1 aliphatic carbocycles. The topological polar surface area (TPSA) is 48.7 Å². The molecule has 1 aromatic rings. The fourth-order valence-electron chi connectivity index (χ4n) is 2.42. The number of hydrogen-bond donors (Lipinski definition) is 1. The molecule has 3 rings (SSSR count). The van der Waals surface area contributed by atoms with Crippen molar-refractivity contribution < 1.29 is 0 Å². The number of fused-ring (bicyclic) bond motifs is 1. The minimum Gasteiger partial charge on any atom is -0.310 e. The quantitative estimate of drug-likeness (QED) is 0.768. The molecule has 2 aliphatic rings. The average Bonchev–Trinajstić information content (AvgIpc) is 2.56. The van der Waals surface area contributed by atoms with Crippen LogP contribution < -0.4 is 5.32 Å². The third-order valence-electron chi connectivity index (χ3n) is 3.56. The van der Waals surface area contributed by atoms with Gasteiger partial charge in [-0.15, -0.1) is 0 Å². The van der Waals surface area contributed by atoms with E-state index in [1.54, 1.807) is 0 Å². The molecule has 16 heavy (non-hydrogen) atoms. The van der Waals surface area contributed by atoms with Gasteiger partial charge in [-0.25, -0.2) is 0 Å². The summed E-state index contributed by atoms with van der Waals surface area (Å²) in [5.74, 6) is 0.766. The van der Waals surface area contributed by atoms with Crippen LogP contribution in [0.1, 0.15) is 23.2 Å². The minimum atomic E-state index is 0.557. The average molecular weight is 211 g/mol. The van der Waals surface area contributed by atoms with Crippen molar-refractivity contribution >= 4 is 5.57 Å². The van der Waals surface area contributed by atoms with Crippen LogP contribution in [0.3, 0.4) is 0 Å². The number of aromatic nitrogens is 1. The first-order valence-electron chi connectivity index (χ1n) is 5.59. The van der Waals surface area contributed by atoms with E-state index in [0.717, 1.165) is 30.1 Å². The number of nitrogens with zero attached hydrogens (tertiary/aromatic N) is 2. The maximum atomic E-state index is 8.98. The molecule has 0 saturated carbocycles. The van der Waals surface area contributed by atoms with Crippen LogP contribution in [0.2, 0.25) is 0 Å². The van der Waals surface area contributed by atoms with Crippen molar-refractivity contribution in [1.82, 2.24) is 10.3 Å². The van der Waals surface area contributed by atoms with E-state index < -0.39 is 0 Å². The van der Waals surface area contributed by atoms with E-state index in [9.17, 15) is 0 Å². The smallest absolute Gasteiger partial charge is 0.101 e. The highest BCUT2D eigenvalue weighted by atomic mass is 15.0. The molecule has 1 aliphatic heterocycles. The van der Waals surface area contributed by atoms with Crippen molar-refractivity contribution in [2.24, 2.45) is 5.92 Å². The molecular formula is C13H13N3. The molecule has 80 valence electrons. The van der Waals surface area contributed by atoms with Gasteiger partial charge in [-0.2, -0.15) is 5.26 Å². The van der Waals surface area contributed by atoms with E-state index in [1.807, 2.05) is 19.2 Å². The zero-order chi connectivity index (χ0) is 11.1. The molecule has 3 nitrogen and oxygen atoms in total. The summed E-state index contributed by atoms with van der Waals surface area (Å²) in [6.07, 6.45) is 5.28. The molecule has 0 unspecified atom stereocenters. The van der Waals surface area contributed by atoms with Crippen LogP contribution in [-0.2, 0) is 0 Å². The number of nitrogens with one attached hydrogen (secondary N) is 1. The molecule has 1 fully saturated rings. The fraction of sp³-hybridized carbons (Fsp3) is 0.385. The summed E-state index contributed by atoms with van der Waals surface area (Å²) in [5, 5.41) is 12.4. The molecule has 0 bridgehead atoms. The van der Waals surface area contributed by atoms with Crippen LogP contribution in [0.5, 0.6) is 0 Å². The summed E-state index contributed by atoms with van der Waals surface area (Å²) >= 11 is 0. The predicted octanol–water partition coefficient (Wildman–Crippen LogP) is 1.64. The summed E-state index contributed by atoms with van der Waals surface area (Å²) in [5.41, 5.74) is 3.94. The Kier molecular flexibility index (Phi) is 2.05. The second kappa shape index (κ2) is 3.43. The molecule has 0 aromatic carbocycles. The van der Waals surface area contributed by atoms with Crippen molar-refractivity contribution in [1.29, 1.82) is 5.26 Å². The molecule has 1 N–H and O–H groups in total. The summed E-state index contributed by atoms with van der Waals surface area (Å²) in [4.78, 5) is 4.28. The lowest BCUT2D eigenvalue weighted by molar-refractivity contribution is 0.301. The lowest BCUT2D eigenvalue weighted by Crippen LogP contribution is -2.49. The Morgan fingerprint density at radius 2 is 2.44 bits per heavy atom. The number of hydrogen-bond acceptors (Lipinski definition) is 3. The van der Waals surface area contributed by atoms with Gasteiger partial charge in [0.1, 0.15) is 6.07 Å². The van der Waals surface area contributed by atoms with E-state index in [1.165, 1.54) is 5.57 Å². The van der Waals surface area contributed by atoms with Crippen LogP contribution in [-0.4, -0.2) is 17.6 Å². The first kappa shape index (κ1) is 9.56. The lowest BCUT2D eigenvalue weighted by Gasteiger charge is -2.31. The number of allylic oxidation sites excluding steroid dienone is 1. The van der Waals surface area contributed by atoms with Gasteiger partial charge in [-0.3, -0.25) is 4.98 Å². The van der Waals surface area contributed by atoms with Crippen LogP contribution >= 0.6 is 0 Å². The van der Waals surface area contributed by atoms with Gasteiger partial charge in [-0.1, -0.05) is 6.08 Å². The van der Waals surface area contributed by atoms with Crippen molar-refractivity contribution in [3.8, 4) is 6.07 Å². The Morgan fingerprint density at radius 1 is 1.56 bits per heavy atom. The van der Waals surface area contributed by atoms with Crippen molar-refractivity contribution in [3.63, 3.8) is 0 Å². The third-order valence-corrected chi connectivity index (χ3v) is 3.56. The highest BCUT2D eigenvalue weighted by Gasteiger charge is 2.34. The van der Waals surface area contributed by atoms with Crippen LogP contribution in [0, 0.1) is 24.2 Å². The van der Waals surface area contributed by atoms with E-state index in [4.69, 9.17) is 5.26 Å². The van der Waals surface area contributed by atoms with E-state index >= 15 is 0 Å². The first-order valence-corrected chi connectivity index (χ1v) is 5.59. The van der Waals surface area contributed by atoms with Crippen molar-refractivity contribution in [2.75, 3.05) is 6.54 Å². The van der Waals surface area contributed by atoms with Gasteiger partial charge >= 0.3 is 0 Å². The van der Waals surface area contributed by atoms with Crippen LogP contribution in [0.25, 0.3) is 5.57 Å². The number of aryl methyl sites for hydroxylation is 1. The maximum Gasteiger partial charge on any atom is 0.101 e. The molecule has 0 radical (unpaired) electrons. The van der Waals surface area contributed by atoms with Gasteiger partial charge < -0.3 is 5.32 Å². The summed E-state index contributed by atoms with van der Waals surface area (Å²) < 4.78 is 0. The monoisotopic (exact) mass is 211 g/mol. The zero-order valence-corrected chi connectivity index (χ0v) is 9.20. The van der Waals surface area contributed by atoms with Crippen molar-refractivity contribution in [3.05, 3.63) is 35.2 Å². The highest BCUT2D eigenvalue weighted by molar-refractivity contribution is 5.70. The first-order chi connectivity index (χ1) is 7.78. The molecule has 1 aromatic heterocycles. The Balaban J connectivity index is 1.96. The Hall–Kier alpha value is -1.66. The van der Waals surface area contributed by atoms with Crippen LogP contribution in [0.15, 0.2) is 18.3 Å². The molecule has 0 spiro atoms. The standard InChI is InChI=1S/C13H13N3/c1-8-10(5-14)3-11(6-15-8)9-2-12-7-16-13(12)4-9/h3-4,6,12-13,16H,2,7H2,1H3/t12-,13-/m0/s1. The van der Waals surface area contributed by atoms with Gasteiger partial charge in [0.2, 0.25) is 0 Å². The van der Waals surface area contributed by atoms with Gasteiger partial charge in [0.25, 0.3) is 0 Å². The number of rotatable bonds is 1. The predicted molar refractivity (Wildman–Crippen MR) is 61.6 cm³/mol. The molecule has 0 amide bonds. The molecule has 3 heteroatoms. The molecule has 2 heterocycles. The zero-order valence-electron chi connectivity index (χ0n) is 9.20. The summed E-state index contributed by atoms with van der Waals surface area (Å²) in [6.45, 7) is 2.99. The molecule has 1 saturated heterocycles. The third kappa shape index (κ3) is 1.35. The Morgan fingerprint density at radius 3 is 3.00 bits per heavy atom. The Bertz CT molecular complexity index is 510. The normalized spacial score (nSPS) is 26.6. The van der Waals surface area contributed by atoms with Gasteiger partial charge in [0.05, 0.1) is 11.3 Å².